The number of carbonyl (C=O) groups is 9. The molecule has 7 amide bonds. The molecule has 3 heterocycles. The van der Waals surface area contributed by atoms with E-state index >= 15 is 0 Å². The zero-order valence-electron chi connectivity index (χ0n) is 46.7. The molecule has 8 rings (SSSR count). The van der Waals surface area contributed by atoms with Crippen LogP contribution in [0.15, 0.2) is 54.6 Å². The van der Waals surface area contributed by atoms with Crippen molar-refractivity contribution in [3.8, 4) is 17.2 Å². The molecule has 6 atom stereocenters. The van der Waals surface area contributed by atoms with Crippen molar-refractivity contribution >= 4 is 59.1 Å². The predicted octanol–water partition coefficient (Wildman–Crippen LogP) is 1.50. The first-order valence-corrected chi connectivity index (χ1v) is 27.0. The fraction of sp³-hybridized carbons (Fsp3) is 0.491. The molecule has 3 aromatic carbocycles. The minimum Gasteiger partial charge on any atom is -0.507 e. The number of aromatic hydroxyl groups is 2. The van der Waals surface area contributed by atoms with Gasteiger partial charge in [0.15, 0.2) is 12.1 Å². The average molecular weight is 1130 g/mol. The van der Waals surface area contributed by atoms with E-state index in [1.165, 1.54) is 25.7 Å². The summed E-state index contributed by atoms with van der Waals surface area (Å²) < 4.78 is 21.4. The van der Waals surface area contributed by atoms with Crippen LogP contribution in [-0.4, -0.2) is 176 Å². The number of carbonyl (C=O) groups excluding carboxylic acids is 9. The Morgan fingerprint density at radius 1 is 0.877 bits per heavy atom. The molecule has 24 nitrogen and oxygen atoms in total. The zero-order chi connectivity index (χ0) is 59.3. The molecule has 0 radical (unpaired) electrons. The second kappa shape index (κ2) is 31.4. The van der Waals surface area contributed by atoms with Crippen molar-refractivity contribution < 1.29 is 77.4 Å². The van der Waals surface area contributed by atoms with Crippen LogP contribution in [0.1, 0.15) is 108 Å². The third-order valence-corrected chi connectivity index (χ3v) is 14.0. The lowest BCUT2D eigenvalue weighted by Gasteiger charge is -2.43. The minimum atomic E-state index is -0.928. The average Bonchev–Trinajstić information content (AvgIpc) is 2.55. The highest BCUT2D eigenvalue weighted by molar-refractivity contribution is 6.31. The van der Waals surface area contributed by atoms with E-state index in [2.05, 4.69) is 51.1 Å². The molecule has 2 aliphatic carbocycles. The van der Waals surface area contributed by atoms with Crippen LogP contribution in [0, 0.1) is 5.92 Å². The van der Waals surface area contributed by atoms with Gasteiger partial charge in [0.1, 0.15) is 23.3 Å². The number of fused-ring (bicyclic) bond motifs is 3. The van der Waals surface area contributed by atoms with Crippen LogP contribution < -0.4 is 37.1 Å². The second-order valence-corrected chi connectivity index (χ2v) is 19.6. The molecule has 0 aromatic heterocycles. The highest BCUT2D eigenvalue weighted by Gasteiger charge is 2.42. The van der Waals surface area contributed by atoms with Gasteiger partial charge in [0, 0.05) is 92.8 Å². The van der Waals surface area contributed by atoms with Gasteiger partial charge >= 0.3 is 0 Å². The number of benzene rings is 3. The van der Waals surface area contributed by atoms with Crippen molar-refractivity contribution in [3.05, 3.63) is 93.6 Å². The molecular weight excluding hydrogens is 1050 g/mol. The number of amides is 7. The van der Waals surface area contributed by atoms with E-state index in [1.54, 1.807) is 44.5 Å². The number of hydrogen-bond donors (Lipinski definition) is 9. The first-order valence-electron chi connectivity index (χ1n) is 27.0. The first kappa shape index (κ1) is 64.2. The molecule has 3 unspecified atom stereocenters. The molecule has 3 aliphatic heterocycles. The van der Waals surface area contributed by atoms with Gasteiger partial charge in [0.2, 0.25) is 35.8 Å². The Hall–Kier alpha value is -7.61. The summed E-state index contributed by atoms with van der Waals surface area (Å²) in [6.07, 6.45) is 5.14. The summed E-state index contributed by atoms with van der Waals surface area (Å²) in [7, 11) is 4.78. The van der Waals surface area contributed by atoms with Gasteiger partial charge in [-0.25, -0.2) is 0 Å². The van der Waals surface area contributed by atoms with Gasteiger partial charge in [0.05, 0.1) is 49.2 Å². The van der Waals surface area contributed by atoms with Crippen LogP contribution in [0.5, 0.6) is 17.2 Å². The molecular formula is C57H76N8O16. The number of aliphatic hydroxyl groups excluding tert-OH is 1. The summed E-state index contributed by atoms with van der Waals surface area (Å²) in [5, 5.41) is 46.4. The molecule has 440 valence electrons. The lowest BCUT2D eigenvalue weighted by molar-refractivity contribution is -0.190. The predicted molar refractivity (Wildman–Crippen MR) is 295 cm³/mol. The Labute approximate surface area is 470 Å². The summed E-state index contributed by atoms with van der Waals surface area (Å²) in [5.74, 6) is -5.47. The topological polar surface area (TPSA) is 344 Å². The van der Waals surface area contributed by atoms with Crippen molar-refractivity contribution in [3.63, 3.8) is 0 Å². The van der Waals surface area contributed by atoms with E-state index in [0.29, 0.717) is 49.2 Å². The number of ether oxygens (including phenoxy) is 4. The van der Waals surface area contributed by atoms with Crippen molar-refractivity contribution in [2.24, 2.45) is 11.7 Å². The number of methoxy groups -OCH3 is 2. The molecule has 5 aliphatic rings. The van der Waals surface area contributed by atoms with Crippen molar-refractivity contribution in [2.45, 2.75) is 109 Å². The number of phenols is 2. The zero-order valence-corrected chi connectivity index (χ0v) is 46.7. The maximum Gasteiger partial charge on any atom is 0.253 e. The van der Waals surface area contributed by atoms with Crippen molar-refractivity contribution in [1.82, 2.24) is 31.1 Å². The van der Waals surface area contributed by atoms with E-state index in [4.69, 9.17) is 23.7 Å². The molecule has 0 saturated carbocycles. The van der Waals surface area contributed by atoms with Crippen molar-refractivity contribution in [2.75, 3.05) is 72.5 Å². The quantitative estimate of drug-likeness (QED) is 0.0295. The molecule has 81 heavy (non-hydrogen) atoms. The number of aliphatic hydroxyl groups is 1. The van der Waals surface area contributed by atoms with Crippen LogP contribution in [0.4, 0.5) is 5.69 Å². The summed E-state index contributed by atoms with van der Waals surface area (Å²) in [4.78, 5) is 114. The van der Waals surface area contributed by atoms with Gasteiger partial charge < -0.3 is 66.6 Å². The number of hydrogen-bond acceptors (Lipinski definition) is 18. The Morgan fingerprint density at radius 3 is 2.20 bits per heavy atom. The highest BCUT2D eigenvalue weighted by atomic mass is 16.7. The molecule has 0 bridgehead atoms. The summed E-state index contributed by atoms with van der Waals surface area (Å²) in [5.41, 5.74) is 5.37. The molecule has 24 heteroatoms. The fourth-order valence-corrected chi connectivity index (χ4v) is 9.87. The third-order valence-electron chi connectivity index (χ3n) is 14.0. The minimum absolute atomic E-state index is 0.0174. The Morgan fingerprint density at radius 2 is 1.54 bits per heavy atom. The smallest absolute Gasteiger partial charge is 0.253 e. The Balaban J connectivity index is 0.000000456. The SMILES string of the molecule is CCC.CNCCC[C@H](NC(=O)CNC(=O)CCN1C(=O)C=CC1=O)C(=O)Nc1ccc(CNC(=O)C2CCc3c(O)c4c(c(O)c3C2)C(=O)c2cccc(OC)c2C4=O)cc1.COC1CN([C@H]2CCO[C@@H](C)C2O)CCO1.NC=O. The maximum absolute atomic E-state index is 13.5. The number of phenolic OH excluding ortho intramolecular Hbond substituents is 2. The lowest BCUT2D eigenvalue weighted by Crippen LogP contribution is -2.57. The number of nitrogens with two attached hydrogens (primary N) is 1. The van der Waals surface area contributed by atoms with Gasteiger partial charge in [-0.15, -0.1) is 0 Å². The van der Waals surface area contributed by atoms with Crippen LogP contribution >= 0.6 is 0 Å². The number of imide groups is 1. The van der Waals surface area contributed by atoms with Gasteiger partial charge in [-0.3, -0.25) is 53.0 Å². The number of ketones is 2. The van der Waals surface area contributed by atoms with E-state index in [-0.39, 0.29) is 102 Å². The molecule has 3 aromatic rings. The Kier molecular flexibility index (Phi) is 24.9. The molecule has 2 fully saturated rings. The first-order chi connectivity index (χ1) is 38.9. The van der Waals surface area contributed by atoms with E-state index in [9.17, 15) is 53.7 Å². The third kappa shape index (κ3) is 16.7. The van der Waals surface area contributed by atoms with E-state index in [0.717, 1.165) is 43.2 Å². The second-order valence-electron chi connectivity index (χ2n) is 19.6. The van der Waals surface area contributed by atoms with E-state index in [1.807, 2.05) is 6.92 Å². The number of nitrogens with zero attached hydrogens (tertiary/aromatic N) is 2. The van der Waals surface area contributed by atoms with Crippen LogP contribution in [-0.2, 0) is 67.2 Å². The summed E-state index contributed by atoms with van der Waals surface area (Å²) in [6, 6.07) is 10.5. The van der Waals surface area contributed by atoms with Crippen molar-refractivity contribution in [1.29, 1.82) is 0 Å². The number of morpholine rings is 1. The fourth-order valence-electron chi connectivity index (χ4n) is 9.87. The van der Waals surface area contributed by atoms with Gasteiger partial charge in [-0.1, -0.05) is 44.5 Å². The van der Waals surface area contributed by atoms with Crippen LogP contribution in [0.3, 0.4) is 0 Å². The molecule has 2 saturated heterocycles. The number of rotatable bonds is 18. The van der Waals surface area contributed by atoms with Gasteiger partial charge in [-0.05, 0) is 82.8 Å². The standard InChI is InChI=1S/C42H44N6O11.C11H21NO4.C3H8.CH3NO/c1-43-17-4-6-28(47-31(50)21-44-30(49)16-18-48-32(51)14-15-33(48)52)42(58)46-24-11-8-22(9-12-24)20-45-41(57)23-10-13-25-27(19-23)39(55)35-36(37(25)53)40(56)34-26(38(35)54)5-3-7-29(34)59-2;1-8-11(13)9(3-5-15-8)12-4-6-16-10(7-12)14-2;1-3-2;2-1-3/h3,5,7-9,11-12,14-15,23,28,43,53,55H,4,6,10,13,16-21H2,1-2H3,(H,44,49)(H,45,57)(H,46,58)(H,47,50);8-11,13H,3-7H2,1-2H3;3H2,1-2H3;1H,(H2,2,3)/t23?,28-;8-,9-,10?,11?;;/m00../s1. The summed E-state index contributed by atoms with van der Waals surface area (Å²) >= 11 is 0. The number of anilines is 1. The number of primary amides is 1. The molecule has 10 N–H and O–H groups in total. The Bertz CT molecular complexity index is 2750. The van der Waals surface area contributed by atoms with Gasteiger partial charge in [-0.2, -0.15) is 0 Å². The maximum atomic E-state index is 13.5. The number of nitrogens with one attached hydrogen (secondary N) is 5. The van der Waals surface area contributed by atoms with Gasteiger partial charge in [0.25, 0.3) is 11.8 Å². The summed E-state index contributed by atoms with van der Waals surface area (Å²) in [6.45, 7) is 9.32. The van der Waals surface area contributed by atoms with Crippen LogP contribution in [0.2, 0.25) is 0 Å². The largest absolute Gasteiger partial charge is 0.507 e. The monoisotopic (exact) mass is 1130 g/mol. The molecule has 0 spiro atoms. The lowest BCUT2D eigenvalue weighted by atomic mass is 9.75. The van der Waals surface area contributed by atoms with E-state index < -0.39 is 71.5 Å². The normalized spacial score (nSPS) is 20.2. The highest BCUT2D eigenvalue weighted by Crippen LogP contribution is 2.47. The van der Waals surface area contributed by atoms with Crippen LogP contribution in [0.25, 0.3) is 0 Å².